The maximum atomic E-state index is 5.73. The number of anilines is 1. The highest BCUT2D eigenvalue weighted by Crippen LogP contribution is 2.22. The minimum atomic E-state index is -0.109. The van der Waals surface area contributed by atoms with Gasteiger partial charge in [-0.05, 0) is 33.6 Å². The molecule has 0 heterocycles. The van der Waals surface area contributed by atoms with E-state index in [-0.39, 0.29) is 6.04 Å². The first-order valence-electron chi connectivity index (χ1n) is 3.65. The molecule has 0 aromatic heterocycles. The van der Waals surface area contributed by atoms with Gasteiger partial charge >= 0.3 is 0 Å². The lowest BCUT2D eigenvalue weighted by Crippen LogP contribution is -2.20. The lowest BCUT2D eigenvalue weighted by atomic mass is 10.1. The van der Waals surface area contributed by atoms with Crippen LogP contribution in [-0.2, 0) is 0 Å². The smallest absolute Gasteiger partial charge is 0.0458 e. The van der Waals surface area contributed by atoms with E-state index in [0.717, 1.165) is 10.0 Å². The molecule has 6 N–H and O–H groups in total. The fourth-order valence-corrected chi connectivity index (χ4v) is 1.31. The van der Waals surface area contributed by atoms with E-state index in [0.29, 0.717) is 12.2 Å². The van der Waals surface area contributed by atoms with Crippen molar-refractivity contribution in [1.29, 1.82) is 0 Å². The third-order valence-corrected chi connectivity index (χ3v) is 2.39. The standard InChI is InChI=1S/C8H12BrN3/c9-6-3-5(8(12)4-10)1-2-7(6)11/h1-3,8H,4,10-12H2/t8-/m1/s1. The summed E-state index contributed by atoms with van der Waals surface area (Å²) in [6.07, 6.45) is 0. The molecule has 0 radical (unpaired) electrons. The highest BCUT2D eigenvalue weighted by Gasteiger charge is 2.04. The van der Waals surface area contributed by atoms with E-state index in [4.69, 9.17) is 17.2 Å². The van der Waals surface area contributed by atoms with Crippen LogP contribution in [0.15, 0.2) is 22.7 Å². The van der Waals surface area contributed by atoms with Gasteiger partial charge in [-0.1, -0.05) is 6.07 Å². The first-order chi connectivity index (χ1) is 5.65. The van der Waals surface area contributed by atoms with Gasteiger partial charge < -0.3 is 17.2 Å². The summed E-state index contributed by atoms with van der Waals surface area (Å²) in [5.74, 6) is 0. The van der Waals surface area contributed by atoms with Crippen molar-refractivity contribution in [2.45, 2.75) is 6.04 Å². The number of halogens is 1. The van der Waals surface area contributed by atoms with Gasteiger partial charge in [-0.15, -0.1) is 0 Å². The summed E-state index contributed by atoms with van der Waals surface area (Å²) in [4.78, 5) is 0. The van der Waals surface area contributed by atoms with Gasteiger partial charge in [0.2, 0.25) is 0 Å². The van der Waals surface area contributed by atoms with E-state index in [1.807, 2.05) is 18.2 Å². The molecule has 0 saturated carbocycles. The van der Waals surface area contributed by atoms with Crippen LogP contribution in [0.4, 0.5) is 5.69 Å². The Bertz CT molecular complexity index is 275. The fourth-order valence-electron chi connectivity index (χ4n) is 0.910. The van der Waals surface area contributed by atoms with E-state index >= 15 is 0 Å². The van der Waals surface area contributed by atoms with Crippen molar-refractivity contribution >= 4 is 21.6 Å². The molecule has 0 amide bonds. The van der Waals surface area contributed by atoms with E-state index < -0.39 is 0 Å². The van der Waals surface area contributed by atoms with Gasteiger partial charge in [-0.2, -0.15) is 0 Å². The Kier molecular flexibility index (Phi) is 3.08. The number of hydrogen-bond donors (Lipinski definition) is 3. The Balaban J connectivity index is 2.96. The Morgan fingerprint density at radius 1 is 1.42 bits per heavy atom. The average Bonchev–Trinajstić information content (AvgIpc) is 2.08. The van der Waals surface area contributed by atoms with Crippen LogP contribution in [0.25, 0.3) is 0 Å². The van der Waals surface area contributed by atoms with Crippen LogP contribution < -0.4 is 17.2 Å². The lowest BCUT2D eigenvalue weighted by molar-refractivity contribution is 0.737. The van der Waals surface area contributed by atoms with Gasteiger partial charge in [-0.25, -0.2) is 0 Å². The van der Waals surface area contributed by atoms with Gasteiger partial charge in [0.1, 0.15) is 0 Å². The van der Waals surface area contributed by atoms with Crippen LogP contribution >= 0.6 is 15.9 Å². The minimum absolute atomic E-state index is 0.109. The largest absolute Gasteiger partial charge is 0.398 e. The number of hydrogen-bond acceptors (Lipinski definition) is 3. The number of nitrogen functional groups attached to an aromatic ring is 1. The molecule has 1 aromatic carbocycles. The molecule has 1 rings (SSSR count). The second-order valence-corrected chi connectivity index (χ2v) is 3.48. The third kappa shape index (κ3) is 1.97. The fraction of sp³-hybridized carbons (Fsp3) is 0.250. The predicted octanol–water partition coefficient (Wildman–Crippen LogP) is 0.990. The molecule has 1 atom stereocenters. The molecule has 0 bridgehead atoms. The van der Waals surface area contributed by atoms with Crippen LogP contribution in [0.1, 0.15) is 11.6 Å². The molecule has 4 heteroatoms. The van der Waals surface area contributed by atoms with Crippen molar-refractivity contribution in [3.63, 3.8) is 0 Å². The number of nitrogens with two attached hydrogens (primary N) is 3. The van der Waals surface area contributed by atoms with Crippen molar-refractivity contribution < 1.29 is 0 Å². The van der Waals surface area contributed by atoms with Crippen molar-refractivity contribution in [3.05, 3.63) is 28.2 Å². The van der Waals surface area contributed by atoms with Gasteiger partial charge in [0.05, 0.1) is 0 Å². The highest BCUT2D eigenvalue weighted by molar-refractivity contribution is 9.10. The molecule has 3 nitrogen and oxygen atoms in total. The van der Waals surface area contributed by atoms with Crippen molar-refractivity contribution in [2.24, 2.45) is 11.5 Å². The monoisotopic (exact) mass is 229 g/mol. The molecule has 0 spiro atoms. The molecular formula is C8H12BrN3. The maximum absolute atomic E-state index is 5.73. The zero-order valence-corrected chi connectivity index (χ0v) is 8.21. The average molecular weight is 230 g/mol. The molecule has 0 saturated heterocycles. The Hall–Kier alpha value is -0.580. The second-order valence-electron chi connectivity index (χ2n) is 2.62. The topological polar surface area (TPSA) is 78.1 Å². The molecule has 0 unspecified atom stereocenters. The zero-order valence-electron chi connectivity index (χ0n) is 6.63. The van der Waals surface area contributed by atoms with Crippen molar-refractivity contribution in [1.82, 2.24) is 0 Å². The zero-order chi connectivity index (χ0) is 9.14. The Morgan fingerprint density at radius 2 is 2.08 bits per heavy atom. The van der Waals surface area contributed by atoms with Crippen molar-refractivity contribution in [3.8, 4) is 0 Å². The summed E-state index contributed by atoms with van der Waals surface area (Å²) in [7, 11) is 0. The first kappa shape index (κ1) is 9.51. The van der Waals surface area contributed by atoms with E-state index in [1.54, 1.807) is 0 Å². The summed E-state index contributed by atoms with van der Waals surface area (Å²) < 4.78 is 0.865. The number of rotatable bonds is 2. The minimum Gasteiger partial charge on any atom is -0.398 e. The molecule has 0 aliphatic rings. The van der Waals surface area contributed by atoms with Crippen LogP contribution in [0, 0.1) is 0 Å². The van der Waals surface area contributed by atoms with Crippen LogP contribution in [0.5, 0.6) is 0 Å². The quantitative estimate of drug-likeness (QED) is 0.663. The summed E-state index contributed by atoms with van der Waals surface area (Å²) >= 11 is 3.32. The molecular weight excluding hydrogens is 218 g/mol. The van der Waals surface area contributed by atoms with E-state index in [2.05, 4.69) is 15.9 Å². The molecule has 0 fully saturated rings. The summed E-state index contributed by atoms with van der Waals surface area (Å²) in [5, 5.41) is 0. The normalized spacial score (nSPS) is 12.9. The third-order valence-electron chi connectivity index (χ3n) is 1.71. The van der Waals surface area contributed by atoms with Gasteiger partial charge in [0, 0.05) is 22.7 Å². The van der Waals surface area contributed by atoms with Crippen molar-refractivity contribution in [2.75, 3.05) is 12.3 Å². The van der Waals surface area contributed by atoms with Crippen LogP contribution in [0.2, 0.25) is 0 Å². The summed E-state index contributed by atoms with van der Waals surface area (Å²) in [5.41, 5.74) is 18.5. The molecule has 0 aliphatic heterocycles. The SMILES string of the molecule is NC[C@@H](N)c1ccc(N)c(Br)c1. The first-order valence-corrected chi connectivity index (χ1v) is 4.45. The Labute approximate surface area is 80.0 Å². The number of benzene rings is 1. The summed E-state index contributed by atoms with van der Waals surface area (Å²) in [6.45, 7) is 0.441. The Morgan fingerprint density at radius 3 is 2.58 bits per heavy atom. The van der Waals surface area contributed by atoms with Gasteiger partial charge in [0.25, 0.3) is 0 Å². The lowest BCUT2D eigenvalue weighted by Gasteiger charge is -2.09. The molecule has 0 aliphatic carbocycles. The molecule has 12 heavy (non-hydrogen) atoms. The second kappa shape index (κ2) is 3.89. The van der Waals surface area contributed by atoms with Crippen LogP contribution in [0.3, 0.4) is 0 Å². The van der Waals surface area contributed by atoms with Gasteiger partial charge in [-0.3, -0.25) is 0 Å². The summed E-state index contributed by atoms with van der Waals surface area (Å²) in [6, 6.07) is 5.49. The maximum Gasteiger partial charge on any atom is 0.0458 e. The highest BCUT2D eigenvalue weighted by atomic mass is 79.9. The predicted molar refractivity (Wildman–Crippen MR) is 54.5 cm³/mol. The van der Waals surface area contributed by atoms with E-state index in [9.17, 15) is 0 Å². The molecule has 66 valence electrons. The van der Waals surface area contributed by atoms with E-state index in [1.165, 1.54) is 0 Å². The molecule has 1 aromatic rings. The van der Waals surface area contributed by atoms with Crippen LogP contribution in [-0.4, -0.2) is 6.54 Å². The van der Waals surface area contributed by atoms with Gasteiger partial charge in [0.15, 0.2) is 0 Å².